The zero-order valence-electron chi connectivity index (χ0n) is 19.3. The summed E-state index contributed by atoms with van der Waals surface area (Å²) in [5, 5.41) is 43.3. The Labute approximate surface area is 204 Å². The molecular formula is C27H20O9. The topological polar surface area (TPSA) is 151 Å². The summed E-state index contributed by atoms with van der Waals surface area (Å²) in [7, 11) is 1.33. The molecule has 0 bridgehead atoms. The first kappa shape index (κ1) is 22.1. The lowest BCUT2D eigenvalue weighted by molar-refractivity contribution is -0.154. The van der Waals surface area contributed by atoms with E-state index < -0.39 is 34.8 Å². The van der Waals surface area contributed by atoms with Crippen LogP contribution in [0.15, 0.2) is 24.3 Å². The average Bonchev–Trinajstić information content (AvgIpc) is 2.80. The van der Waals surface area contributed by atoms with E-state index in [0.29, 0.717) is 29.5 Å². The number of ketones is 2. The molecular weight excluding hydrogens is 468 g/mol. The summed E-state index contributed by atoms with van der Waals surface area (Å²) in [5.74, 6) is -5.29. The number of carbonyl (C=O) groups excluding carboxylic acids is 3. The SMILES string of the molecule is COc1c2c(c(O)c3c1C(=O)c1c(O)cccc1C3=O)-c1c(cc3c(c1O)C(=O)O[C@](C)(O)C3)CC2. The Bertz CT molecular complexity index is 1580. The molecule has 2 aliphatic carbocycles. The number of aliphatic hydroxyl groups is 1. The van der Waals surface area contributed by atoms with E-state index in [1.807, 2.05) is 0 Å². The van der Waals surface area contributed by atoms with Gasteiger partial charge in [-0.3, -0.25) is 9.59 Å². The van der Waals surface area contributed by atoms with Gasteiger partial charge in [0, 0.05) is 35.6 Å². The molecule has 1 atom stereocenters. The van der Waals surface area contributed by atoms with Gasteiger partial charge in [0.2, 0.25) is 11.6 Å². The van der Waals surface area contributed by atoms with Crippen LogP contribution in [0.4, 0.5) is 0 Å². The molecule has 0 fully saturated rings. The second-order valence-corrected chi connectivity index (χ2v) is 9.38. The molecule has 36 heavy (non-hydrogen) atoms. The zero-order chi connectivity index (χ0) is 25.7. The quantitative estimate of drug-likeness (QED) is 0.297. The Morgan fingerprint density at radius 1 is 0.861 bits per heavy atom. The van der Waals surface area contributed by atoms with E-state index >= 15 is 0 Å². The van der Waals surface area contributed by atoms with Crippen LogP contribution in [0.2, 0.25) is 0 Å². The summed E-state index contributed by atoms with van der Waals surface area (Å²) in [4.78, 5) is 39.6. The van der Waals surface area contributed by atoms with Crippen LogP contribution in [0.25, 0.3) is 11.1 Å². The van der Waals surface area contributed by atoms with Gasteiger partial charge in [-0.15, -0.1) is 0 Å². The number of fused-ring (bicyclic) bond motifs is 6. The second-order valence-electron chi connectivity index (χ2n) is 9.38. The molecule has 4 N–H and O–H groups in total. The Morgan fingerprint density at radius 3 is 2.31 bits per heavy atom. The number of esters is 1. The van der Waals surface area contributed by atoms with Crippen molar-refractivity contribution in [1.82, 2.24) is 0 Å². The van der Waals surface area contributed by atoms with Gasteiger partial charge in [0.1, 0.15) is 28.6 Å². The van der Waals surface area contributed by atoms with Crippen LogP contribution in [0, 0.1) is 0 Å². The minimum Gasteiger partial charge on any atom is -0.507 e. The van der Waals surface area contributed by atoms with E-state index in [0.717, 1.165) is 0 Å². The fraction of sp³-hybridized carbons (Fsp3) is 0.222. The summed E-state index contributed by atoms with van der Waals surface area (Å²) in [6.45, 7) is 1.35. The number of carbonyl (C=O) groups is 3. The minimum atomic E-state index is -1.73. The van der Waals surface area contributed by atoms with Crippen LogP contribution in [0.3, 0.4) is 0 Å². The number of rotatable bonds is 1. The van der Waals surface area contributed by atoms with Crippen LogP contribution < -0.4 is 4.74 Å². The number of aromatic hydroxyl groups is 3. The van der Waals surface area contributed by atoms with Crippen molar-refractivity contribution in [3.63, 3.8) is 0 Å². The van der Waals surface area contributed by atoms with Crippen LogP contribution in [-0.4, -0.2) is 50.9 Å². The molecule has 182 valence electrons. The second kappa shape index (κ2) is 7.08. The Hall–Kier alpha value is -4.37. The lowest BCUT2D eigenvalue weighted by Gasteiger charge is -2.33. The van der Waals surface area contributed by atoms with Gasteiger partial charge < -0.3 is 29.9 Å². The number of cyclic esters (lactones) is 1. The minimum absolute atomic E-state index is 0.0332. The van der Waals surface area contributed by atoms with Gasteiger partial charge in [-0.05, 0) is 30.0 Å². The first-order valence-corrected chi connectivity index (χ1v) is 11.3. The summed E-state index contributed by atoms with van der Waals surface area (Å²) >= 11 is 0. The molecule has 9 nitrogen and oxygen atoms in total. The monoisotopic (exact) mass is 488 g/mol. The van der Waals surface area contributed by atoms with Crippen molar-refractivity contribution in [2.75, 3.05) is 7.11 Å². The van der Waals surface area contributed by atoms with Crippen molar-refractivity contribution in [1.29, 1.82) is 0 Å². The maximum absolute atomic E-state index is 13.5. The fourth-order valence-electron chi connectivity index (χ4n) is 5.69. The molecule has 3 aromatic rings. The van der Waals surface area contributed by atoms with Gasteiger partial charge in [0.25, 0.3) is 0 Å². The lowest BCUT2D eigenvalue weighted by atomic mass is 9.74. The Kier molecular flexibility index (Phi) is 4.35. The van der Waals surface area contributed by atoms with E-state index in [2.05, 4.69) is 0 Å². The standard InChI is InChI=1S/C27H20O9/c1-27(34)9-11-8-10-6-7-13-18(15(10)22(30)16(11)26(33)36-27)24(32)19-20(25(13)35-2)23(31)17-12(21(19)29)4-3-5-14(17)28/h3-5,8,28,30,32,34H,6-7,9H2,1-2H3/t27-/m0/s1. The molecule has 0 aromatic heterocycles. The van der Waals surface area contributed by atoms with Crippen molar-refractivity contribution in [3.05, 3.63) is 68.8 Å². The summed E-state index contributed by atoms with van der Waals surface area (Å²) in [6.07, 6.45) is 0.619. The highest BCUT2D eigenvalue weighted by molar-refractivity contribution is 6.32. The number of hydrogen-bond acceptors (Lipinski definition) is 9. The number of ether oxygens (including phenoxy) is 2. The third-order valence-corrected chi connectivity index (χ3v) is 7.09. The lowest BCUT2D eigenvalue weighted by Crippen LogP contribution is -2.38. The van der Waals surface area contributed by atoms with Crippen molar-refractivity contribution in [2.45, 2.75) is 32.0 Å². The van der Waals surface area contributed by atoms with Crippen molar-refractivity contribution < 1.29 is 44.3 Å². The van der Waals surface area contributed by atoms with Crippen molar-refractivity contribution >= 4 is 17.5 Å². The smallest absolute Gasteiger partial charge is 0.344 e. The molecule has 1 heterocycles. The average molecular weight is 488 g/mol. The molecule has 0 radical (unpaired) electrons. The zero-order valence-corrected chi connectivity index (χ0v) is 19.3. The number of phenolic OH excluding ortho intramolecular Hbond substituents is 3. The van der Waals surface area contributed by atoms with Gasteiger partial charge in [0.15, 0.2) is 5.78 Å². The highest BCUT2D eigenvalue weighted by Gasteiger charge is 2.43. The number of methoxy groups -OCH3 is 1. The molecule has 6 rings (SSSR count). The summed E-state index contributed by atoms with van der Waals surface area (Å²) in [6, 6.07) is 5.78. The number of hydrogen-bond donors (Lipinski definition) is 4. The molecule has 1 aliphatic heterocycles. The predicted octanol–water partition coefficient (Wildman–Crippen LogP) is 2.77. The summed E-state index contributed by atoms with van der Waals surface area (Å²) < 4.78 is 10.6. The molecule has 0 saturated carbocycles. The first-order chi connectivity index (χ1) is 17.1. The van der Waals surface area contributed by atoms with E-state index in [1.165, 1.54) is 32.2 Å². The third kappa shape index (κ3) is 2.71. The molecule has 9 heteroatoms. The van der Waals surface area contributed by atoms with E-state index in [-0.39, 0.29) is 56.9 Å². The van der Waals surface area contributed by atoms with E-state index in [4.69, 9.17) is 9.47 Å². The molecule has 0 amide bonds. The van der Waals surface area contributed by atoms with Crippen LogP contribution in [-0.2, 0) is 24.0 Å². The fourth-order valence-corrected chi connectivity index (χ4v) is 5.69. The van der Waals surface area contributed by atoms with Crippen molar-refractivity contribution in [2.24, 2.45) is 0 Å². The predicted molar refractivity (Wildman–Crippen MR) is 124 cm³/mol. The number of benzene rings is 3. The van der Waals surface area contributed by atoms with E-state index in [1.54, 1.807) is 6.07 Å². The number of phenols is 3. The first-order valence-electron chi connectivity index (χ1n) is 11.3. The maximum Gasteiger partial charge on any atom is 0.344 e. The highest BCUT2D eigenvalue weighted by atomic mass is 16.7. The normalized spacial score (nSPS) is 19.5. The maximum atomic E-state index is 13.5. The molecule has 0 saturated heterocycles. The van der Waals surface area contributed by atoms with Crippen LogP contribution >= 0.6 is 0 Å². The van der Waals surface area contributed by atoms with Gasteiger partial charge in [0.05, 0.1) is 23.8 Å². The van der Waals surface area contributed by atoms with Gasteiger partial charge in [-0.1, -0.05) is 18.2 Å². The number of aryl methyl sites for hydroxylation is 1. The van der Waals surface area contributed by atoms with E-state index in [9.17, 15) is 34.8 Å². The van der Waals surface area contributed by atoms with Crippen LogP contribution in [0.1, 0.15) is 65.8 Å². The molecule has 0 spiro atoms. The van der Waals surface area contributed by atoms with Crippen molar-refractivity contribution in [3.8, 4) is 34.1 Å². The Morgan fingerprint density at radius 2 is 1.58 bits per heavy atom. The highest BCUT2D eigenvalue weighted by Crippen LogP contribution is 2.54. The van der Waals surface area contributed by atoms with Gasteiger partial charge in [-0.25, -0.2) is 4.79 Å². The molecule has 3 aromatic carbocycles. The largest absolute Gasteiger partial charge is 0.507 e. The van der Waals surface area contributed by atoms with Crippen LogP contribution in [0.5, 0.6) is 23.0 Å². The third-order valence-electron chi connectivity index (χ3n) is 7.09. The van der Waals surface area contributed by atoms with Gasteiger partial charge in [-0.2, -0.15) is 0 Å². The Balaban J connectivity index is 1.68. The summed E-state index contributed by atoms with van der Waals surface area (Å²) in [5.41, 5.74) is 0.751. The molecule has 0 unspecified atom stereocenters. The van der Waals surface area contributed by atoms with Gasteiger partial charge >= 0.3 is 5.97 Å². The molecule has 3 aliphatic rings.